The highest BCUT2D eigenvalue weighted by atomic mass is 32.1. The predicted molar refractivity (Wildman–Crippen MR) is 87.1 cm³/mol. The number of amides is 4. The predicted octanol–water partition coefficient (Wildman–Crippen LogP) is 0.462. The Bertz CT molecular complexity index is 761. The summed E-state index contributed by atoms with van der Waals surface area (Å²) in [7, 11) is 0. The van der Waals surface area contributed by atoms with Crippen molar-refractivity contribution in [2.24, 2.45) is 0 Å². The molecule has 8 nitrogen and oxygen atoms in total. The molecule has 124 valence electrons. The standard InChI is InChI=1S/C15H15N5O3S/c21-12(7-11-13(22)20-15(23)19-11)17-6-3-10-8-24-14(18-10)9-1-4-16-5-2-9/h1-2,4-5,8,11H,3,6-7H2,(H,17,21)(H2,19,20,22,23)/t11-/m0/s1. The summed E-state index contributed by atoms with van der Waals surface area (Å²) in [4.78, 5) is 42.6. The average Bonchev–Trinajstić information content (AvgIpc) is 3.15. The molecule has 24 heavy (non-hydrogen) atoms. The van der Waals surface area contributed by atoms with E-state index in [4.69, 9.17) is 0 Å². The Balaban J connectivity index is 1.45. The molecule has 1 atom stereocenters. The Morgan fingerprint density at radius 2 is 2.08 bits per heavy atom. The third kappa shape index (κ3) is 3.93. The van der Waals surface area contributed by atoms with Crippen LogP contribution in [0.4, 0.5) is 4.79 Å². The Labute approximate surface area is 141 Å². The van der Waals surface area contributed by atoms with Gasteiger partial charge in [-0.05, 0) is 12.1 Å². The zero-order valence-corrected chi connectivity index (χ0v) is 13.4. The first-order chi connectivity index (χ1) is 11.6. The van der Waals surface area contributed by atoms with Crippen molar-refractivity contribution >= 4 is 29.2 Å². The maximum atomic E-state index is 11.8. The molecule has 2 aromatic rings. The number of hydrogen-bond acceptors (Lipinski definition) is 6. The minimum Gasteiger partial charge on any atom is -0.356 e. The molecule has 1 aliphatic heterocycles. The van der Waals surface area contributed by atoms with Crippen LogP contribution in [0.25, 0.3) is 10.6 Å². The minimum absolute atomic E-state index is 0.0725. The zero-order valence-electron chi connectivity index (χ0n) is 12.6. The fraction of sp³-hybridized carbons (Fsp3) is 0.267. The summed E-state index contributed by atoms with van der Waals surface area (Å²) in [6, 6.07) is 2.43. The van der Waals surface area contributed by atoms with Gasteiger partial charge in [0.05, 0.1) is 12.1 Å². The Kier molecular flexibility index (Phi) is 4.80. The van der Waals surface area contributed by atoms with E-state index >= 15 is 0 Å². The van der Waals surface area contributed by atoms with Crippen LogP contribution in [0.2, 0.25) is 0 Å². The second-order valence-electron chi connectivity index (χ2n) is 5.20. The van der Waals surface area contributed by atoms with Gasteiger partial charge in [0.25, 0.3) is 5.91 Å². The average molecular weight is 345 g/mol. The maximum absolute atomic E-state index is 11.8. The molecule has 3 N–H and O–H groups in total. The molecule has 1 saturated heterocycles. The van der Waals surface area contributed by atoms with Gasteiger partial charge in [0.1, 0.15) is 11.0 Å². The fourth-order valence-electron chi connectivity index (χ4n) is 2.24. The molecule has 0 spiro atoms. The lowest BCUT2D eigenvalue weighted by molar-refractivity contribution is -0.126. The van der Waals surface area contributed by atoms with E-state index in [-0.39, 0.29) is 12.3 Å². The van der Waals surface area contributed by atoms with Gasteiger partial charge in [-0.25, -0.2) is 9.78 Å². The summed E-state index contributed by atoms with van der Waals surface area (Å²) in [5.41, 5.74) is 1.90. The summed E-state index contributed by atoms with van der Waals surface area (Å²) >= 11 is 1.54. The zero-order chi connectivity index (χ0) is 16.9. The van der Waals surface area contributed by atoms with Gasteiger partial charge < -0.3 is 10.6 Å². The van der Waals surface area contributed by atoms with Crippen LogP contribution >= 0.6 is 11.3 Å². The van der Waals surface area contributed by atoms with Crippen molar-refractivity contribution in [1.82, 2.24) is 25.9 Å². The van der Waals surface area contributed by atoms with E-state index in [1.165, 1.54) is 11.3 Å². The summed E-state index contributed by atoms with van der Waals surface area (Å²) in [6.45, 7) is 0.417. The lowest BCUT2D eigenvalue weighted by Gasteiger charge is -2.07. The third-order valence-electron chi connectivity index (χ3n) is 3.43. The first-order valence-electron chi connectivity index (χ1n) is 7.34. The van der Waals surface area contributed by atoms with Crippen LogP contribution < -0.4 is 16.0 Å². The van der Waals surface area contributed by atoms with E-state index in [2.05, 4.69) is 25.9 Å². The monoisotopic (exact) mass is 345 g/mol. The van der Waals surface area contributed by atoms with Gasteiger partial charge in [0.15, 0.2) is 0 Å². The number of nitrogens with zero attached hydrogens (tertiary/aromatic N) is 2. The van der Waals surface area contributed by atoms with Crippen LogP contribution in [0.3, 0.4) is 0 Å². The summed E-state index contributed by atoms with van der Waals surface area (Å²) in [6.07, 6.45) is 3.95. The van der Waals surface area contributed by atoms with Gasteiger partial charge in [-0.15, -0.1) is 11.3 Å². The van der Waals surface area contributed by atoms with Crippen molar-refractivity contribution in [1.29, 1.82) is 0 Å². The van der Waals surface area contributed by atoms with Crippen LogP contribution in [-0.2, 0) is 16.0 Å². The SMILES string of the molecule is O=C(C[C@@H]1NC(=O)NC1=O)NCCc1csc(-c2ccncc2)n1. The van der Waals surface area contributed by atoms with E-state index in [0.29, 0.717) is 13.0 Å². The van der Waals surface area contributed by atoms with E-state index in [0.717, 1.165) is 16.3 Å². The minimum atomic E-state index is -0.796. The molecule has 0 radical (unpaired) electrons. The highest BCUT2D eigenvalue weighted by molar-refractivity contribution is 7.13. The number of thiazole rings is 1. The molecule has 0 aliphatic carbocycles. The molecule has 2 aromatic heterocycles. The van der Waals surface area contributed by atoms with Crippen LogP contribution in [0.15, 0.2) is 29.9 Å². The molecule has 9 heteroatoms. The van der Waals surface area contributed by atoms with Gasteiger partial charge in [0.2, 0.25) is 5.91 Å². The summed E-state index contributed by atoms with van der Waals surface area (Å²) in [5, 5.41) is 10.1. The summed E-state index contributed by atoms with van der Waals surface area (Å²) < 4.78 is 0. The number of nitrogens with one attached hydrogen (secondary N) is 3. The second-order valence-corrected chi connectivity index (χ2v) is 6.06. The van der Waals surface area contributed by atoms with E-state index in [9.17, 15) is 14.4 Å². The Hall–Kier alpha value is -2.81. The first kappa shape index (κ1) is 16.1. The van der Waals surface area contributed by atoms with Gasteiger partial charge in [-0.1, -0.05) is 0 Å². The van der Waals surface area contributed by atoms with Crippen molar-refractivity contribution in [3.8, 4) is 10.6 Å². The van der Waals surface area contributed by atoms with Crippen LogP contribution in [0.1, 0.15) is 12.1 Å². The highest BCUT2D eigenvalue weighted by Crippen LogP contribution is 2.22. The molecule has 0 aromatic carbocycles. The number of aromatic nitrogens is 2. The summed E-state index contributed by atoms with van der Waals surface area (Å²) in [5.74, 6) is -0.765. The second kappa shape index (κ2) is 7.18. The normalized spacial score (nSPS) is 16.6. The van der Waals surface area contributed by atoms with E-state index in [1.807, 2.05) is 17.5 Å². The largest absolute Gasteiger partial charge is 0.356 e. The number of urea groups is 1. The number of hydrogen-bond donors (Lipinski definition) is 3. The van der Waals surface area contributed by atoms with Crippen LogP contribution in [0, 0.1) is 0 Å². The van der Waals surface area contributed by atoms with Crippen molar-refractivity contribution in [3.63, 3.8) is 0 Å². The molecule has 0 unspecified atom stereocenters. The number of carbonyl (C=O) groups excluding carboxylic acids is 3. The van der Waals surface area contributed by atoms with Crippen LogP contribution in [0.5, 0.6) is 0 Å². The molecule has 0 saturated carbocycles. The topological polar surface area (TPSA) is 113 Å². The molecule has 1 fully saturated rings. The highest BCUT2D eigenvalue weighted by Gasteiger charge is 2.31. The quantitative estimate of drug-likeness (QED) is 0.659. The first-order valence-corrected chi connectivity index (χ1v) is 8.22. The van der Waals surface area contributed by atoms with Crippen molar-refractivity contribution in [2.75, 3.05) is 6.54 Å². The maximum Gasteiger partial charge on any atom is 0.322 e. The van der Waals surface area contributed by atoms with Crippen LogP contribution in [-0.4, -0.2) is 40.4 Å². The van der Waals surface area contributed by atoms with Crippen molar-refractivity contribution in [3.05, 3.63) is 35.6 Å². The lowest BCUT2D eigenvalue weighted by atomic mass is 10.2. The number of imide groups is 1. The smallest absolute Gasteiger partial charge is 0.322 e. The molecule has 0 bridgehead atoms. The fourth-order valence-corrected chi connectivity index (χ4v) is 3.10. The number of carbonyl (C=O) groups is 3. The molecule has 3 heterocycles. The van der Waals surface area contributed by atoms with Gasteiger partial charge in [-0.2, -0.15) is 0 Å². The molecule has 1 aliphatic rings. The molecular formula is C15H15N5O3S. The lowest BCUT2D eigenvalue weighted by Crippen LogP contribution is -2.36. The van der Waals surface area contributed by atoms with Gasteiger partial charge >= 0.3 is 6.03 Å². The van der Waals surface area contributed by atoms with E-state index in [1.54, 1.807) is 12.4 Å². The Morgan fingerprint density at radius 3 is 2.79 bits per heavy atom. The third-order valence-corrected chi connectivity index (χ3v) is 4.37. The number of pyridine rings is 1. The van der Waals surface area contributed by atoms with Crippen molar-refractivity contribution < 1.29 is 14.4 Å². The van der Waals surface area contributed by atoms with Gasteiger partial charge in [-0.3, -0.25) is 19.9 Å². The molecular weight excluding hydrogens is 330 g/mol. The van der Waals surface area contributed by atoms with Crippen molar-refractivity contribution in [2.45, 2.75) is 18.9 Å². The number of rotatable bonds is 6. The van der Waals surface area contributed by atoms with Gasteiger partial charge in [0, 0.05) is 36.3 Å². The molecule has 4 amide bonds. The molecule has 3 rings (SSSR count). The van der Waals surface area contributed by atoms with E-state index < -0.39 is 18.0 Å². The Morgan fingerprint density at radius 1 is 1.29 bits per heavy atom.